The molecule has 1 aromatic rings. The fourth-order valence-corrected chi connectivity index (χ4v) is 2.61. The molecular weight excluding hydrogens is 278 g/mol. The van der Waals surface area contributed by atoms with E-state index in [1.807, 2.05) is 25.1 Å². The van der Waals surface area contributed by atoms with E-state index < -0.39 is 0 Å². The number of rotatable bonds is 5. The Balaban J connectivity index is 2.70. The van der Waals surface area contributed by atoms with Crippen LogP contribution in [-0.4, -0.2) is 6.10 Å². The van der Waals surface area contributed by atoms with Crippen LogP contribution in [0.1, 0.15) is 45.7 Å². The average Bonchev–Trinajstić information content (AvgIpc) is 2.15. The van der Waals surface area contributed by atoms with E-state index in [4.69, 9.17) is 10.5 Å². The predicted octanol–water partition coefficient (Wildman–Crippen LogP) is 4.28. The molecule has 17 heavy (non-hydrogen) atoms. The number of halogens is 1. The molecule has 0 aliphatic heterocycles. The minimum Gasteiger partial charge on any atom is -0.491 e. The van der Waals surface area contributed by atoms with Gasteiger partial charge in [-0.05, 0) is 43.9 Å². The van der Waals surface area contributed by atoms with E-state index in [0.29, 0.717) is 5.92 Å². The first-order chi connectivity index (χ1) is 7.90. The number of benzene rings is 1. The highest BCUT2D eigenvalue weighted by atomic mass is 79.9. The summed E-state index contributed by atoms with van der Waals surface area (Å²) in [6.45, 7) is 8.49. The second-order valence-electron chi connectivity index (χ2n) is 5.03. The molecule has 2 unspecified atom stereocenters. The highest BCUT2D eigenvalue weighted by Gasteiger charge is 2.09. The van der Waals surface area contributed by atoms with Gasteiger partial charge in [-0.1, -0.05) is 35.8 Å². The van der Waals surface area contributed by atoms with Gasteiger partial charge >= 0.3 is 0 Å². The van der Waals surface area contributed by atoms with Crippen molar-refractivity contribution in [2.24, 2.45) is 11.7 Å². The third-order valence-corrected chi connectivity index (χ3v) is 3.29. The molecule has 0 fully saturated rings. The molecule has 0 spiro atoms. The Kier molecular flexibility index (Phi) is 5.47. The number of hydrogen-bond donors (Lipinski definition) is 1. The van der Waals surface area contributed by atoms with Gasteiger partial charge in [0.25, 0.3) is 0 Å². The third-order valence-electron chi connectivity index (χ3n) is 2.60. The van der Waals surface area contributed by atoms with E-state index in [0.717, 1.165) is 22.2 Å². The van der Waals surface area contributed by atoms with Crippen LogP contribution in [0, 0.1) is 5.92 Å². The van der Waals surface area contributed by atoms with Gasteiger partial charge in [-0.25, -0.2) is 0 Å². The standard InChI is InChI=1S/C14H22BrNO/c1-9(2)7-10(3)17-12-5-6-13(11(4)16)14(15)8-12/h5-6,8-11H,7,16H2,1-4H3. The normalized spacial score (nSPS) is 14.8. The zero-order valence-electron chi connectivity index (χ0n) is 11.0. The van der Waals surface area contributed by atoms with Crippen molar-refractivity contribution in [1.29, 1.82) is 0 Å². The van der Waals surface area contributed by atoms with Gasteiger partial charge in [0.1, 0.15) is 5.75 Å². The molecule has 0 heterocycles. The fraction of sp³-hybridized carbons (Fsp3) is 0.571. The maximum Gasteiger partial charge on any atom is 0.120 e. The number of nitrogens with two attached hydrogens (primary N) is 1. The third kappa shape index (κ3) is 4.68. The lowest BCUT2D eigenvalue weighted by Crippen LogP contribution is -2.14. The zero-order chi connectivity index (χ0) is 13.0. The summed E-state index contributed by atoms with van der Waals surface area (Å²) in [4.78, 5) is 0. The summed E-state index contributed by atoms with van der Waals surface area (Å²) in [5.41, 5.74) is 6.97. The molecule has 1 rings (SSSR count). The maximum absolute atomic E-state index is 5.87. The first-order valence-electron chi connectivity index (χ1n) is 6.11. The molecule has 0 amide bonds. The largest absolute Gasteiger partial charge is 0.491 e. The second kappa shape index (κ2) is 6.41. The van der Waals surface area contributed by atoms with Gasteiger partial charge < -0.3 is 10.5 Å². The topological polar surface area (TPSA) is 35.2 Å². The van der Waals surface area contributed by atoms with Gasteiger partial charge in [0.05, 0.1) is 6.10 Å². The molecule has 0 aliphatic rings. The first-order valence-corrected chi connectivity index (χ1v) is 6.91. The second-order valence-corrected chi connectivity index (χ2v) is 5.88. The summed E-state index contributed by atoms with van der Waals surface area (Å²) in [6, 6.07) is 6.04. The van der Waals surface area contributed by atoms with Gasteiger partial charge in [-0.3, -0.25) is 0 Å². The summed E-state index contributed by atoms with van der Waals surface area (Å²) in [5.74, 6) is 1.55. The van der Waals surface area contributed by atoms with Crippen LogP contribution >= 0.6 is 15.9 Å². The lowest BCUT2D eigenvalue weighted by molar-refractivity contribution is 0.193. The van der Waals surface area contributed by atoms with E-state index in [1.165, 1.54) is 0 Å². The molecule has 0 radical (unpaired) electrons. The SMILES string of the molecule is CC(C)CC(C)Oc1ccc(C(C)N)c(Br)c1. The van der Waals surface area contributed by atoms with Crippen molar-refractivity contribution >= 4 is 15.9 Å². The minimum atomic E-state index is 0.0338. The quantitative estimate of drug-likeness (QED) is 0.880. The van der Waals surface area contributed by atoms with E-state index in [9.17, 15) is 0 Å². The van der Waals surface area contributed by atoms with E-state index in [1.54, 1.807) is 0 Å². The van der Waals surface area contributed by atoms with Crippen LogP contribution in [0.2, 0.25) is 0 Å². The molecule has 0 aromatic heterocycles. The van der Waals surface area contributed by atoms with Gasteiger partial charge in [0.15, 0.2) is 0 Å². The molecule has 0 bridgehead atoms. The first kappa shape index (κ1) is 14.5. The predicted molar refractivity (Wildman–Crippen MR) is 76.3 cm³/mol. The monoisotopic (exact) mass is 299 g/mol. The maximum atomic E-state index is 5.87. The van der Waals surface area contributed by atoms with Crippen LogP contribution < -0.4 is 10.5 Å². The summed E-state index contributed by atoms with van der Waals surface area (Å²) in [5, 5.41) is 0. The molecule has 0 aliphatic carbocycles. The Labute approximate surface area is 113 Å². The Bertz CT molecular complexity index is 363. The molecule has 96 valence electrons. The highest BCUT2D eigenvalue weighted by molar-refractivity contribution is 9.10. The Morgan fingerprint density at radius 3 is 2.35 bits per heavy atom. The summed E-state index contributed by atoms with van der Waals surface area (Å²) in [7, 11) is 0. The van der Waals surface area contributed by atoms with Crippen molar-refractivity contribution in [3.63, 3.8) is 0 Å². The van der Waals surface area contributed by atoms with Gasteiger partial charge in [-0.15, -0.1) is 0 Å². The van der Waals surface area contributed by atoms with Gasteiger partial charge in [0, 0.05) is 10.5 Å². The van der Waals surface area contributed by atoms with Crippen molar-refractivity contribution in [3.05, 3.63) is 28.2 Å². The smallest absolute Gasteiger partial charge is 0.120 e. The fourth-order valence-electron chi connectivity index (χ4n) is 1.89. The Morgan fingerprint density at radius 2 is 1.88 bits per heavy atom. The molecule has 2 N–H and O–H groups in total. The Morgan fingerprint density at radius 1 is 1.24 bits per heavy atom. The van der Waals surface area contributed by atoms with E-state index in [2.05, 4.69) is 36.7 Å². The van der Waals surface area contributed by atoms with Crippen LogP contribution in [0.4, 0.5) is 0 Å². The summed E-state index contributed by atoms with van der Waals surface area (Å²) >= 11 is 3.53. The van der Waals surface area contributed by atoms with Crippen molar-refractivity contribution < 1.29 is 4.74 Å². The van der Waals surface area contributed by atoms with E-state index >= 15 is 0 Å². The van der Waals surface area contributed by atoms with Crippen molar-refractivity contribution in [2.45, 2.75) is 46.3 Å². The van der Waals surface area contributed by atoms with Crippen LogP contribution in [0.15, 0.2) is 22.7 Å². The van der Waals surface area contributed by atoms with Crippen molar-refractivity contribution in [1.82, 2.24) is 0 Å². The van der Waals surface area contributed by atoms with Crippen LogP contribution in [-0.2, 0) is 0 Å². The van der Waals surface area contributed by atoms with Crippen molar-refractivity contribution in [2.75, 3.05) is 0 Å². The zero-order valence-corrected chi connectivity index (χ0v) is 12.6. The number of ether oxygens (including phenoxy) is 1. The molecule has 0 saturated heterocycles. The minimum absolute atomic E-state index is 0.0338. The molecule has 0 saturated carbocycles. The van der Waals surface area contributed by atoms with Crippen LogP contribution in [0.5, 0.6) is 5.75 Å². The van der Waals surface area contributed by atoms with Gasteiger partial charge in [0.2, 0.25) is 0 Å². The highest BCUT2D eigenvalue weighted by Crippen LogP contribution is 2.27. The lowest BCUT2D eigenvalue weighted by Gasteiger charge is -2.18. The molecular formula is C14H22BrNO. The lowest BCUT2D eigenvalue weighted by atomic mass is 10.1. The molecule has 2 atom stereocenters. The molecule has 3 heteroatoms. The molecule has 1 aromatic carbocycles. The summed E-state index contributed by atoms with van der Waals surface area (Å²) in [6.07, 6.45) is 1.30. The Hall–Kier alpha value is -0.540. The van der Waals surface area contributed by atoms with Gasteiger partial charge in [-0.2, -0.15) is 0 Å². The van der Waals surface area contributed by atoms with Crippen molar-refractivity contribution in [3.8, 4) is 5.75 Å². The number of hydrogen-bond acceptors (Lipinski definition) is 2. The summed E-state index contributed by atoms with van der Waals surface area (Å²) < 4.78 is 6.89. The average molecular weight is 300 g/mol. The van der Waals surface area contributed by atoms with Crippen LogP contribution in [0.25, 0.3) is 0 Å². The van der Waals surface area contributed by atoms with Crippen LogP contribution in [0.3, 0.4) is 0 Å². The van der Waals surface area contributed by atoms with E-state index in [-0.39, 0.29) is 12.1 Å². The molecule has 2 nitrogen and oxygen atoms in total.